The van der Waals surface area contributed by atoms with Crippen molar-refractivity contribution in [3.63, 3.8) is 0 Å². The van der Waals surface area contributed by atoms with Crippen LogP contribution in [0.5, 0.6) is 0 Å². The first-order chi connectivity index (χ1) is 57.2. The number of nitrogens with two attached hydrogens (primary N) is 5. The van der Waals surface area contributed by atoms with E-state index in [1.54, 1.807) is 38.1 Å². The van der Waals surface area contributed by atoms with Crippen LogP contribution in [0.15, 0.2) is 47.1 Å². The van der Waals surface area contributed by atoms with Gasteiger partial charge in [-0.25, -0.2) is 9.59 Å². The summed E-state index contributed by atoms with van der Waals surface area (Å²) in [6.45, 7) is 14.9. The molecule has 0 spiro atoms. The zero-order valence-corrected chi connectivity index (χ0v) is 71.8. The van der Waals surface area contributed by atoms with Crippen LogP contribution in [0, 0.1) is 52.3 Å². The number of aromatic amines is 1. The number of ketones is 1. The number of H-pyrrole nitrogens is 1. The molecule has 37 nitrogen and oxygen atoms in total. The topological polar surface area (TPSA) is 613 Å². The summed E-state index contributed by atoms with van der Waals surface area (Å²) in [5.41, 5.74) is 31.3. The molecule has 0 radical (unpaired) electrons. The standard InChI is InChI=1S/C82H125N17O20S2/c1-43(2)13-10-14-45(5)51-21-22-52-50-20-19-47-37-48(27-29-81(47,6)53(50)28-30-82(51,52)7)119-80(118)89-32-34-120-121-42-54(83)70(108)92-57(24-26-67(103)104)71(109)91-41-66(102)99-33-12-18-63(99)77(115)94-56(17-11-31-88-79(86)87)72(110)97-61(38-65(85)101)75(113)93-58(23-25-64(84)100)73(111)98-62(39-68(105)106)76(114)96-60(36-46-40-90-55-16-9-8-15-49(46)55)74(112)95-59(35-44(3)4)69(107)78(116)117/h8-9,15-16,19,40,43-45,48,50-54,56-63,90H,10-14,17-18,20-39,41-42,83H2,1-7H3,(H2,84,100)(H2,85,101)(H,89,118)(H,91,109)(H,92,108)(H,93,113)(H,94,115)(H,95,112)(H,96,114)(H,97,110)(H,98,111)(H,103,104)(H,105,106)(H,116,117)(H4,86,87,88)/t45-,48+,50+,51-,52+,53+,54+,56+,57+,58+,59+,60+,61+,62+,63+,81+,82-/m1/s1. The van der Waals surface area contributed by atoms with Gasteiger partial charge in [-0.15, -0.1) is 0 Å². The summed E-state index contributed by atoms with van der Waals surface area (Å²) < 4.78 is 5.99. The molecule has 0 unspecified atom stereocenters. The van der Waals surface area contributed by atoms with Gasteiger partial charge in [0.25, 0.3) is 5.78 Å². The van der Waals surface area contributed by atoms with E-state index < -0.39 is 194 Å². The van der Waals surface area contributed by atoms with E-state index in [0.29, 0.717) is 39.5 Å². The molecule has 12 amide bonds. The number of rotatable bonds is 49. The van der Waals surface area contributed by atoms with Crippen molar-refractivity contribution in [2.45, 2.75) is 257 Å². The van der Waals surface area contributed by atoms with Crippen molar-refractivity contribution in [1.29, 1.82) is 0 Å². The van der Waals surface area contributed by atoms with E-state index in [4.69, 9.17) is 33.4 Å². The van der Waals surface area contributed by atoms with Crippen molar-refractivity contribution in [1.82, 2.24) is 57.7 Å². The van der Waals surface area contributed by atoms with Gasteiger partial charge < -0.3 is 106 Å². The average Bonchev–Trinajstić information content (AvgIpc) is 1.14. The summed E-state index contributed by atoms with van der Waals surface area (Å²) in [5.74, 6) is -14.0. The number of hydrogen-bond acceptors (Lipinski definition) is 21. The number of aromatic nitrogens is 1. The van der Waals surface area contributed by atoms with Gasteiger partial charge in [-0.1, -0.05) is 119 Å². The average molecular weight is 1730 g/mol. The van der Waals surface area contributed by atoms with E-state index in [9.17, 15) is 92.0 Å². The number of alkyl carbamates (subject to hydrolysis) is 1. The highest BCUT2D eigenvalue weighted by Crippen LogP contribution is 2.67. The predicted octanol–water partition coefficient (Wildman–Crippen LogP) is 2.29. The highest BCUT2D eigenvalue weighted by Gasteiger charge is 2.59. The zero-order valence-electron chi connectivity index (χ0n) is 70.2. The van der Waals surface area contributed by atoms with Gasteiger partial charge >= 0.3 is 24.0 Å². The Kier molecular flexibility index (Phi) is 37.5. The fourth-order valence-corrected chi connectivity index (χ4v) is 20.3. The van der Waals surface area contributed by atoms with E-state index in [2.05, 4.69) is 98.5 Å². The van der Waals surface area contributed by atoms with Crippen LogP contribution in [-0.4, -0.2) is 224 Å². The number of carbonyl (C=O) groups is 16. The van der Waals surface area contributed by atoms with Gasteiger partial charge in [-0.2, -0.15) is 0 Å². The van der Waals surface area contributed by atoms with Crippen molar-refractivity contribution >= 4 is 133 Å². The highest BCUT2D eigenvalue weighted by molar-refractivity contribution is 8.76. The van der Waals surface area contributed by atoms with E-state index in [0.717, 1.165) is 54.3 Å². The number of hydrogen-bond donors (Lipinski definition) is 18. The molecule has 17 atom stereocenters. The number of aliphatic imine (C=N–C) groups is 1. The number of fused-ring (bicyclic) bond motifs is 6. The van der Waals surface area contributed by atoms with E-state index in [1.807, 2.05) is 0 Å². The molecular formula is C82H125N17O20S2. The second-order valence-electron chi connectivity index (χ2n) is 34.1. The lowest BCUT2D eigenvalue weighted by Gasteiger charge is -2.58. The van der Waals surface area contributed by atoms with Crippen LogP contribution < -0.4 is 76.5 Å². The molecule has 1 aliphatic heterocycles. The van der Waals surface area contributed by atoms with Crippen LogP contribution in [0.25, 0.3) is 10.9 Å². The number of nitrogens with zero attached hydrogens (tertiary/aromatic N) is 2. The van der Waals surface area contributed by atoms with Gasteiger partial charge in [0, 0.05) is 73.9 Å². The number of nitrogens with one attached hydrogen (secondary N) is 10. The molecule has 121 heavy (non-hydrogen) atoms. The molecule has 4 fully saturated rings. The molecule has 1 saturated heterocycles. The van der Waals surface area contributed by atoms with Crippen molar-refractivity contribution in [2.75, 3.05) is 37.7 Å². The summed E-state index contributed by atoms with van der Waals surface area (Å²) >= 11 is 0. The molecule has 5 aliphatic rings. The summed E-state index contributed by atoms with van der Waals surface area (Å²) in [6, 6.07) is -8.10. The maximum atomic E-state index is 14.4. The Bertz CT molecular complexity index is 4120. The van der Waals surface area contributed by atoms with Crippen molar-refractivity contribution in [2.24, 2.45) is 85.9 Å². The monoisotopic (exact) mass is 1730 g/mol. The van der Waals surface area contributed by atoms with Gasteiger partial charge in [0.2, 0.25) is 65.0 Å². The molecule has 39 heteroatoms. The van der Waals surface area contributed by atoms with Crippen LogP contribution in [0.4, 0.5) is 4.79 Å². The summed E-state index contributed by atoms with van der Waals surface area (Å²) in [5, 5.41) is 51.6. The number of carboxylic acid groups (broad SMARTS) is 3. The van der Waals surface area contributed by atoms with Crippen LogP contribution in [0.3, 0.4) is 0 Å². The number of amides is 12. The minimum absolute atomic E-state index is 0.0216. The summed E-state index contributed by atoms with van der Waals surface area (Å²) in [4.78, 5) is 222. The number of carboxylic acids is 3. The zero-order chi connectivity index (χ0) is 89.2. The fraction of sp³-hybridized carbons (Fsp3) is 0.671. The van der Waals surface area contributed by atoms with E-state index in [1.165, 1.54) is 78.3 Å². The largest absolute Gasteiger partial charge is 0.481 e. The summed E-state index contributed by atoms with van der Waals surface area (Å²) in [6.07, 6.45) is 11.0. The molecule has 670 valence electrons. The van der Waals surface area contributed by atoms with Crippen LogP contribution >= 0.6 is 21.6 Å². The third-order valence-corrected chi connectivity index (χ3v) is 26.9. The lowest BCUT2D eigenvalue weighted by molar-refractivity contribution is -0.150. The maximum Gasteiger partial charge on any atom is 0.407 e. The number of carbonyl (C=O) groups excluding carboxylic acids is 13. The number of guanidine groups is 1. The lowest BCUT2D eigenvalue weighted by atomic mass is 9.47. The second kappa shape index (κ2) is 46.3. The van der Waals surface area contributed by atoms with Gasteiger partial charge in [0.1, 0.15) is 48.4 Å². The summed E-state index contributed by atoms with van der Waals surface area (Å²) in [7, 11) is 2.57. The molecule has 3 saturated carbocycles. The van der Waals surface area contributed by atoms with E-state index in [-0.39, 0.29) is 87.3 Å². The molecule has 7 rings (SSSR count). The smallest absolute Gasteiger partial charge is 0.407 e. The van der Waals surface area contributed by atoms with Gasteiger partial charge in [0.05, 0.1) is 31.5 Å². The number of allylic oxidation sites excluding steroid dienone is 1. The third-order valence-electron chi connectivity index (χ3n) is 24.4. The third kappa shape index (κ3) is 28.8. The quantitative estimate of drug-likeness (QED) is 0.0113. The SMILES string of the molecule is CC(C)CCC[C@@H](C)[C@H]1CC[C@H]2[C@@H]3CC=C4C[C@@H](OC(=O)NCCSSC[C@H](N)C(=O)N[C@@H](CCC(=O)O)C(=O)NCC(=O)N5CCC[C@H]5C(=O)N[C@@H](CCCN=C(N)N)C(=O)N[C@@H](CC(N)=O)C(=O)N[C@@H](CCC(N)=O)C(=O)N[C@@H](CC(=O)O)C(=O)N[C@@H](Cc5c[nH]c6ccccc56)C(=O)N[C@@H](CC(C)C)C(=O)C(=O)O)CC[C@]4(C)[C@H]3CC[C@]12C. The fourth-order valence-electron chi connectivity index (χ4n) is 18.3. The first-order valence-electron chi connectivity index (χ1n) is 41.9. The Morgan fingerprint density at radius 1 is 0.628 bits per heavy atom. The Morgan fingerprint density at radius 3 is 1.91 bits per heavy atom. The predicted molar refractivity (Wildman–Crippen MR) is 451 cm³/mol. The number of likely N-dealkylation sites (tertiary alicyclic amines) is 1. The van der Waals surface area contributed by atoms with Crippen molar-refractivity contribution < 1.29 is 96.8 Å². The van der Waals surface area contributed by atoms with Crippen LogP contribution in [0.1, 0.15) is 195 Å². The molecule has 1 aromatic heterocycles. The van der Waals surface area contributed by atoms with Crippen LogP contribution in [-0.2, 0) is 83.1 Å². The molecule has 1 aromatic carbocycles. The Hall–Kier alpha value is -10.1. The number of primary amides is 2. The number of benzene rings is 1. The maximum absolute atomic E-state index is 14.4. The minimum atomic E-state index is -2.09. The van der Waals surface area contributed by atoms with Crippen molar-refractivity contribution in [3.8, 4) is 0 Å². The lowest BCUT2D eigenvalue weighted by Crippen LogP contribution is -2.60. The normalized spacial score (nSPS) is 22.6. The van der Waals surface area contributed by atoms with Gasteiger partial charge in [-0.3, -0.25) is 72.1 Å². The first-order valence-corrected chi connectivity index (χ1v) is 44.4. The first kappa shape index (κ1) is 98.1. The van der Waals surface area contributed by atoms with Crippen molar-refractivity contribution in [3.05, 3.63) is 47.7 Å². The molecule has 2 aromatic rings. The molecule has 23 N–H and O–H groups in total. The number of aliphatic carboxylic acids is 3. The molecule has 2 heterocycles. The molecule has 0 bridgehead atoms. The molecular weight excluding hydrogens is 1610 g/mol. The van der Waals surface area contributed by atoms with E-state index >= 15 is 0 Å². The molecule has 4 aliphatic carbocycles. The Morgan fingerprint density at radius 2 is 1.26 bits per heavy atom. The highest BCUT2D eigenvalue weighted by atomic mass is 33.1. The second-order valence-corrected chi connectivity index (χ2v) is 36.7. The number of para-hydroxylation sites is 1. The number of ether oxygens (including phenoxy) is 1. The Labute approximate surface area is 712 Å². The Balaban J connectivity index is 0.911. The van der Waals surface area contributed by atoms with Crippen LogP contribution in [0.2, 0.25) is 0 Å². The van der Waals surface area contributed by atoms with Gasteiger partial charge in [-0.05, 0) is 154 Å². The number of Topliss-reactive ketones (excluding diaryl/α,β-unsaturated/α-hetero) is 1. The minimum Gasteiger partial charge on any atom is -0.481 e. The van der Waals surface area contributed by atoms with Gasteiger partial charge in [0.15, 0.2) is 5.96 Å².